The third-order valence-corrected chi connectivity index (χ3v) is 2.58. The van der Waals surface area contributed by atoms with Gasteiger partial charge in [0.15, 0.2) is 0 Å². The highest BCUT2D eigenvalue weighted by molar-refractivity contribution is 9.10. The maximum atomic E-state index is 12.5. The number of hydrogen-bond donors (Lipinski definition) is 1. The van der Waals surface area contributed by atoms with Crippen LogP contribution in [-0.2, 0) is 6.61 Å². The summed E-state index contributed by atoms with van der Waals surface area (Å²) in [4.78, 5) is 3.82. The predicted molar refractivity (Wildman–Crippen MR) is 47.6 cm³/mol. The van der Waals surface area contributed by atoms with Gasteiger partial charge in [-0.05, 0) is 28.4 Å². The normalized spacial score (nSPS) is 10.9. The molecule has 2 nitrogen and oxygen atoms in total. The molecule has 0 saturated heterocycles. The van der Waals surface area contributed by atoms with Crippen LogP contribution in [0.15, 0.2) is 10.8 Å². The van der Waals surface area contributed by atoms with E-state index in [-0.39, 0.29) is 11.1 Å². The third-order valence-electron chi connectivity index (χ3n) is 1.78. The van der Waals surface area contributed by atoms with Crippen molar-refractivity contribution in [2.75, 3.05) is 0 Å². The van der Waals surface area contributed by atoms with Gasteiger partial charge in [0.2, 0.25) is 0 Å². The van der Waals surface area contributed by atoms with Crippen LogP contribution in [0.2, 0.25) is 0 Å². The number of halogens is 3. The van der Waals surface area contributed by atoms with Gasteiger partial charge in [0.25, 0.3) is 6.43 Å². The van der Waals surface area contributed by atoms with Gasteiger partial charge in [0.1, 0.15) is 4.60 Å². The maximum absolute atomic E-state index is 12.5. The van der Waals surface area contributed by atoms with Gasteiger partial charge >= 0.3 is 0 Å². The van der Waals surface area contributed by atoms with Gasteiger partial charge < -0.3 is 5.11 Å². The highest BCUT2D eigenvalue weighted by Crippen LogP contribution is 2.29. The molecule has 1 aromatic rings. The smallest absolute Gasteiger partial charge is 0.264 e. The van der Waals surface area contributed by atoms with Crippen LogP contribution >= 0.6 is 15.9 Å². The molecule has 0 amide bonds. The molecule has 1 N–H and O–H groups in total. The molecule has 13 heavy (non-hydrogen) atoms. The number of aliphatic hydroxyl groups is 1. The second-order valence-corrected chi connectivity index (χ2v) is 3.32. The Hall–Kier alpha value is -0.550. The third kappa shape index (κ3) is 2.03. The number of rotatable bonds is 2. The minimum atomic E-state index is -2.58. The minimum absolute atomic E-state index is 0.135. The van der Waals surface area contributed by atoms with Crippen LogP contribution in [0.3, 0.4) is 0 Å². The van der Waals surface area contributed by atoms with Crippen molar-refractivity contribution >= 4 is 15.9 Å². The Labute approximate surface area is 82.7 Å². The van der Waals surface area contributed by atoms with Crippen LogP contribution in [0, 0.1) is 6.92 Å². The summed E-state index contributed by atoms with van der Waals surface area (Å²) in [5.74, 6) is 0. The molecule has 72 valence electrons. The Morgan fingerprint density at radius 1 is 1.62 bits per heavy atom. The first kappa shape index (κ1) is 10.5. The first-order valence-corrected chi connectivity index (χ1v) is 4.40. The molecule has 0 spiro atoms. The summed E-state index contributed by atoms with van der Waals surface area (Å²) in [7, 11) is 0. The van der Waals surface area contributed by atoms with Crippen molar-refractivity contribution in [1.82, 2.24) is 4.98 Å². The van der Waals surface area contributed by atoms with Crippen LogP contribution < -0.4 is 0 Å². The molecule has 1 aromatic heterocycles. The van der Waals surface area contributed by atoms with Crippen molar-refractivity contribution in [2.45, 2.75) is 20.0 Å². The van der Waals surface area contributed by atoms with Gasteiger partial charge in [-0.25, -0.2) is 13.8 Å². The lowest BCUT2D eigenvalue weighted by Crippen LogP contribution is -2.00. The molecule has 0 atom stereocenters. The number of alkyl halides is 2. The summed E-state index contributed by atoms with van der Waals surface area (Å²) in [6.07, 6.45) is -1.33. The average molecular weight is 252 g/mol. The van der Waals surface area contributed by atoms with Gasteiger partial charge in [-0.15, -0.1) is 0 Å². The average Bonchev–Trinajstić information content (AvgIpc) is 2.08. The van der Waals surface area contributed by atoms with Crippen molar-refractivity contribution in [3.63, 3.8) is 0 Å². The molecule has 0 aliphatic heterocycles. The Balaban J connectivity index is 3.32. The van der Waals surface area contributed by atoms with Crippen LogP contribution in [0.5, 0.6) is 0 Å². The number of aliphatic hydroxyl groups excluding tert-OH is 1. The Bertz CT molecular complexity index is 317. The van der Waals surface area contributed by atoms with E-state index in [0.29, 0.717) is 10.2 Å². The second-order valence-electron chi connectivity index (χ2n) is 2.57. The minimum Gasteiger partial charge on any atom is -0.392 e. The highest BCUT2D eigenvalue weighted by Gasteiger charge is 2.17. The fourth-order valence-corrected chi connectivity index (χ4v) is 1.40. The van der Waals surface area contributed by atoms with Crippen molar-refractivity contribution in [1.29, 1.82) is 0 Å². The predicted octanol–water partition coefficient (Wildman–Crippen LogP) is 2.58. The zero-order valence-electron chi connectivity index (χ0n) is 6.89. The van der Waals surface area contributed by atoms with E-state index < -0.39 is 13.0 Å². The molecule has 0 aromatic carbocycles. The van der Waals surface area contributed by atoms with Gasteiger partial charge in [0.05, 0.1) is 6.61 Å². The van der Waals surface area contributed by atoms with E-state index in [1.165, 1.54) is 13.1 Å². The lowest BCUT2D eigenvalue weighted by Gasteiger charge is -2.10. The van der Waals surface area contributed by atoms with Gasteiger partial charge in [0, 0.05) is 17.3 Å². The van der Waals surface area contributed by atoms with Gasteiger partial charge in [-0.3, -0.25) is 0 Å². The molecular weight excluding hydrogens is 244 g/mol. The monoisotopic (exact) mass is 251 g/mol. The molecule has 1 rings (SSSR count). The molecule has 0 radical (unpaired) electrons. The molecular formula is C8H8BrF2NO. The first-order chi connectivity index (χ1) is 6.07. The topological polar surface area (TPSA) is 33.1 Å². The summed E-state index contributed by atoms with van der Waals surface area (Å²) in [6.45, 7) is 1.12. The zero-order valence-corrected chi connectivity index (χ0v) is 8.48. The number of hydrogen-bond acceptors (Lipinski definition) is 2. The molecule has 0 fully saturated rings. The molecule has 1 heterocycles. The zero-order chi connectivity index (χ0) is 10.0. The van der Waals surface area contributed by atoms with E-state index in [4.69, 9.17) is 5.11 Å². The molecule has 0 saturated carbocycles. The molecule has 0 bridgehead atoms. The Kier molecular flexibility index (Phi) is 3.33. The first-order valence-electron chi connectivity index (χ1n) is 3.60. The van der Waals surface area contributed by atoms with E-state index in [0.717, 1.165) is 0 Å². The highest BCUT2D eigenvalue weighted by atomic mass is 79.9. The molecule has 0 aliphatic carbocycles. The largest absolute Gasteiger partial charge is 0.392 e. The van der Waals surface area contributed by atoms with Crippen molar-refractivity contribution in [3.8, 4) is 0 Å². The number of aromatic nitrogens is 1. The quantitative estimate of drug-likeness (QED) is 0.820. The summed E-state index contributed by atoms with van der Waals surface area (Å²) in [5, 5.41) is 8.79. The summed E-state index contributed by atoms with van der Waals surface area (Å²) in [5.41, 5.74) is 0.418. The fourth-order valence-electron chi connectivity index (χ4n) is 1.08. The SMILES string of the molecule is Cc1c(Br)ncc(CO)c1C(F)F. The van der Waals surface area contributed by atoms with Crippen molar-refractivity contribution < 1.29 is 13.9 Å². The Morgan fingerprint density at radius 3 is 2.69 bits per heavy atom. The summed E-state index contributed by atoms with van der Waals surface area (Å²) in [6, 6.07) is 0. The van der Waals surface area contributed by atoms with Crippen LogP contribution in [-0.4, -0.2) is 10.1 Å². The van der Waals surface area contributed by atoms with Crippen LogP contribution in [0.25, 0.3) is 0 Å². The van der Waals surface area contributed by atoms with Crippen molar-refractivity contribution in [3.05, 3.63) is 27.5 Å². The number of pyridine rings is 1. The maximum Gasteiger partial charge on any atom is 0.264 e. The summed E-state index contributed by atoms with van der Waals surface area (Å²) >= 11 is 3.05. The Morgan fingerprint density at radius 2 is 2.23 bits per heavy atom. The fraction of sp³-hybridized carbons (Fsp3) is 0.375. The molecule has 5 heteroatoms. The lowest BCUT2D eigenvalue weighted by molar-refractivity contribution is 0.146. The van der Waals surface area contributed by atoms with Crippen LogP contribution in [0.4, 0.5) is 8.78 Å². The van der Waals surface area contributed by atoms with Crippen molar-refractivity contribution in [2.24, 2.45) is 0 Å². The second kappa shape index (κ2) is 4.11. The molecule has 0 aliphatic rings. The van der Waals surface area contributed by atoms with Crippen LogP contribution in [0.1, 0.15) is 23.1 Å². The van der Waals surface area contributed by atoms with E-state index >= 15 is 0 Å². The van der Waals surface area contributed by atoms with Gasteiger partial charge in [-0.1, -0.05) is 0 Å². The lowest BCUT2D eigenvalue weighted by atomic mass is 10.1. The number of nitrogens with zero attached hydrogens (tertiary/aromatic N) is 1. The summed E-state index contributed by atoms with van der Waals surface area (Å²) < 4.78 is 25.4. The van der Waals surface area contributed by atoms with E-state index in [1.54, 1.807) is 0 Å². The van der Waals surface area contributed by atoms with E-state index in [2.05, 4.69) is 20.9 Å². The molecule has 0 unspecified atom stereocenters. The van der Waals surface area contributed by atoms with Gasteiger partial charge in [-0.2, -0.15) is 0 Å². The standard InChI is InChI=1S/C8H8BrF2NO/c1-4-6(8(10)11)5(3-13)2-12-7(4)9/h2,8,13H,3H2,1H3. The van der Waals surface area contributed by atoms with E-state index in [1.807, 2.05) is 0 Å². The van der Waals surface area contributed by atoms with E-state index in [9.17, 15) is 8.78 Å².